The van der Waals surface area contributed by atoms with Crippen LogP contribution in [0.5, 0.6) is 11.5 Å². The van der Waals surface area contributed by atoms with Crippen molar-refractivity contribution in [2.45, 2.75) is 12.7 Å². The summed E-state index contributed by atoms with van der Waals surface area (Å²) in [5.74, 6) is 1.36. The quantitative estimate of drug-likeness (QED) is 0.851. The van der Waals surface area contributed by atoms with Crippen molar-refractivity contribution in [2.75, 3.05) is 20.8 Å². The van der Waals surface area contributed by atoms with E-state index < -0.39 is 6.10 Å². The molecule has 0 aliphatic heterocycles. The largest absolute Gasteiger partial charge is 0.496 e. The molecule has 0 spiro atoms. The molecule has 0 aliphatic rings. The van der Waals surface area contributed by atoms with Crippen LogP contribution < -0.4 is 9.47 Å². The molecule has 2 aromatic carbocycles. The molecule has 0 bridgehead atoms. The molecule has 0 amide bonds. The topological polar surface area (TPSA) is 47.9 Å². The minimum Gasteiger partial charge on any atom is -0.496 e. The highest BCUT2D eigenvalue weighted by Gasteiger charge is 2.13. The maximum Gasteiger partial charge on any atom is 0.124 e. The third-order valence-electron chi connectivity index (χ3n) is 3.12. The van der Waals surface area contributed by atoms with Crippen molar-refractivity contribution in [1.82, 2.24) is 0 Å². The Hall–Kier alpha value is -2.04. The van der Waals surface area contributed by atoms with Gasteiger partial charge in [-0.15, -0.1) is 0 Å². The van der Waals surface area contributed by atoms with Gasteiger partial charge in [0.2, 0.25) is 0 Å². The molecule has 4 heteroatoms. The second-order valence-electron chi connectivity index (χ2n) is 4.65. The Morgan fingerprint density at radius 3 is 2.62 bits per heavy atom. The normalized spacial score (nSPS) is 12.0. The zero-order valence-corrected chi connectivity index (χ0v) is 12.3. The lowest BCUT2D eigenvalue weighted by Crippen LogP contribution is -2.11. The van der Waals surface area contributed by atoms with Gasteiger partial charge in [0.1, 0.15) is 24.2 Å². The van der Waals surface area contributed by atoms with Crippen molar-refractivity contribution in [3.63, 3.8) is 0 Å². The Morgan fingerprint density at radius 1 is 1.05 bits per heavy atom. The molecule has 1 atom stereocenters. The predicted molar refractivity (Wildman–Crippen MR) is 80.6 cm³/mol. The van der Waals surface area contributed by atoms with Crippen LogP contribution in [-0.4, -0.2) is 25.9 Å². The van der Waals surface area contributed by atoms with Crippen molar-refractivity contribution in [2.24, 2.45) is 0 Å². The summed E-state index contributed by atoms with van der Waals surface area (Å²) in [5.41, 5.74) is 1.75. The van der Waals surface area contributed by atoms with E-state index in [-0.39, 0.29) is 6.61 Å². The molecule has 1 N–H and O–H groups in total. The Morgan fingerprint density at radius 2 is 1.86 bits per heavy atom. The van der Waals surface area contributed by atoms with Crippen LogP contribution in [0.25, 0.3) is 0 Å². The van der Waals surface area contributed by atoms with E-state index in [1.807, 2.05) is 48.5 Å². The summed E-state index contributed by atoms with van der Waals surface area (Å²) >= 11 is 0. The van der Waals surface area contributed by atoms with E-state index in [0.29, 0.717) is 23.7 Å². The smallest absolute Gasteiger partial charge is 0.124 e. The molecular weight excluding hydrogens is 268 g/mol. The highest BCUT2D eigenvalue weighted by atomic mass is 16.5. The molecule has 2 aromatic rings. The van der Waals surface area contributed by atoms with Gasteiger partial charge < -0.3 is 19.3 Å². The average Bonchev–Trinajstić information content (AvgIpc) is 2.53. The monoisotopic (exact) mass is 288 g/mol. The van der Waals surface area contributed by atoms with Gasteiger partial charge in [-0.05, 0) is 23.8 Å². The summed E-state index contributed by atoms with van der Waals surface area (Å²) in [7, 11) is 3.24. The minimum atomic E-state index is -0.743. The van der Waals surface area contributed by atoms with Gasteiger partial charge in [0.05, 0.1) is 13.7 Å². The Labute approximate surface area is 124 Å². The maximum atomic E-state index is 10.2. The number of hydrogen-bond acceptors (Lipinski definition) is 4. The van der Waals surface area contributed by atoms with Crippen molar-refractivity contribution in [1.29, 1.82) is 0 Å². The van der Waals surface area contributed by atoms with Crippen molar-refractivity contribution >= 4 is 0 Å². The SMILES string of the molecule is COCc1cccc(OCC(O)c2ccccc2OC)c1. The van der Waals surface area contributed by atoms with Gasteiger partial charge in [-0.25, -0.2) is 0 Å². The summed E-state index contributed by atoms with van der Waals surface area (Å²) < 4.78 is 16.0. The molecule has 2 rings (SSSR count). The fraction of sp³-hybridized carbons (Fsp3) is 0.294. The molecule has 112 valence electrons. The molecule has 0 radical (unpaired) electrons. The zero-order valence-electron chi connectivity index (χ0n) is 12.3. The number of aliphatic hydroxyl groups is 1. The standard InChI is InChI=1S/C17H20O4/c1-19-11-13-6-5-7-14(10-13)21-12-16(18)15-8-3-4-9-17(15)20-2/h3-10,16,18H,11-12H2,1-2H3. The maximum absolute atomic E-state index is 10.2. The zero-order chi connectivity index (χ0) is 15.1. The molecular formula is C17H20O4. The van der Waals surface area contributed by atoms with Gasteiger partial charge in [-0.2, -0.15) is 0 Å². The molecule has 4 nitrogen and oxygen atoms in total. The number of rotatable bonds is 7. The van der Waals surface area contributed by atoms with Crippen molar-refractivity contribution < 1.29 is 19.3 Å². The third kappa shape index (κ3) is 4.21. The predicted octanol–water partition coefficient (Wildman–Crippen LogP) is 2.95. The average molecular weight is 288 g/mol. The van der Waals surface area contributed by atoms with Crippen LogP contribution in [0.4, 0.5) is 0 Å². The number of methoxy groups -OCH3 is 2. The van der Waals surface area contributed by atoms with Crippen LogP contribution in [0.3, 0.4) is 0 Å². The summed E-state index contributed by atoms with van der Waals surface area (Å²) in [5, 5.41) is 10.2. The van der Waals surface area contributed by atoms with Gasteiger partial charge in [0, 0.05) is 12.7 Å². The van der Waals surface area contributed by atoms with Crippen molar-refractivity contribution in [3.8, 4) is 11.5 Å². The first-order chi connectivity index (χ1) is 10.2. The van der Waals surface area contributed by atoms with E-state index >= 15 is 0 Å². The molecule has 0 aliphatic carbocycles. The molecule has 0 saturated carbocycles. The highest BCUT2D eigenvalue weighted by molar-refractivity contribution is 5.35. The van der Waals surface area contributed by atoms with E-state index in [4.69, 9.17) is 14.2 Å². The van der Waals surface area contributed by atoms with Crippen LogP contribution in [0.2, 0.25) is 0 Å². The highest BCUT2D eigenvalue weighted by Crippen LogP contribution is 2.25. The number of hydrogen-bond donors (Lipinski definition) is 1. The Balaban J connectivity index is 2.00. The van der Waals surface area contributed by atoms with E-state index in [2.05, 4.69) is 0 Å². The first-order valence-electron chi connectivity index (χ1n) is 6.76. The van der Waals surface area contributed by atoms with Gasteiger partial charge in [-0.3, -0.25) is 0 Å². The number of ether oxygens (including phenoxy) is 3. The van der Waals surface area contributed by atoms with Crippen LogP contribution in [0.15, 0.2) is 48.5 Å². The summed E-state index contributed by atoms with van der Waals surface area (Å²) in [6.07, 6.45) is -0.743. The van der Waals surface area contributed by atoms with E-state index in [1.165, 1.54) is 0 Å². The lowest BCUT2D eigenvalue weighted by atomic mass is 10.1. The third-order valence-corrected chi connectivity index (χ3v) is 3.12. The van der Waals surface area contributed by atoms with Crippen LogP contribution in [0.1, 0.15) is 17.2 Å². The van der Waals surface area contributed by atoms with E-state index in [1.54, 1.807) is 14.2 Å². The van der Waals surface area contributed by atoms with Crippen molar-refractivity contribution in [3.05, 3.63) is 59.7 Å². The summed E-state index contributed by atoms with van der Waals surface area (Å²) in [6.45, 7) is 0.697. The Kier molecular flexibility index (Phi) is 5.60. The minimum absolute atomic E-state index is 0.164. The molecule has 0 fully saturated rings. The molecule has 0 aromatic heterocycles. The number of benzene rings is 2. The van der Waals surface area contributed by atoms with Crippen LogP contribution >= 0.6 is 0 Å². The lowest BCUT2D eigenvalue weighted by Gasteiger charge is -2.16. The van der Waals surface area contributed by atoms with Gasteiger partial charge >= 0.3 is 0 Å². The fourth-order valence-electron chi connectivity index (χ4n) is 2.10. The number of aliphatic hydroxyl groups excluding tert-OH is 1. The van der Waals surface area contributed by atoms with Crippen LogP contribution in [0, 0.1) is 0 Å². The number of para-hydroxylation sites is 1. The molecule has 21 heavy (non-hydrogen) atoms. The Bertz CT molecular complexity index is 568. The lowest BCUT2D eigenvalue weighted by molar-refractivity contribution is 0.105. The van der Waals surface area contributed by atoms with Gasteiger partial charge in [-0.1, -0.05) is 30.3 Å². The fourth-order valence-corrected chi connectivity index (χ4v) is 2.10. The first-order valence-corrected chi connectivity index (χ1v) is 6.76. The van der Waals surface area contributed by atoms with Gasteiger partial charge in [0.25, 0.3) is 0 Å². The first kappa shape index (κ1) is 15.4. The van der Waals surface area contributed by atoms with E-state index in [9.17, 15) is 5.11 Å². The second kappa shape index (κ2) is 7.67. The summed E-state index contributed by atoms with van der Waals surface area (Å²) in [6, 6.07) is 15.0. The van der Waals surface area contributed by atoms with E-state index in [0.717, 1.165) is 5.56 Å². The van der Waals surface area contributed by atoms with Crippen LogP contribution in [-0.2, 0) is 11.3 Å². The molecule has 1 unspecified atom stereocenters. The van der Waals surface area contributed by atoms with Gasteiger partial charge in [0.15, 0.2) is 0 Å². The molecule has 0 saturated heterocycles. The summed E-state index contributed by atoms with van der Waals surface area (Å²) in [4.78, 5) is 0. The second-order valence-corrected chi connectivity index (χ2v) is 4.65. The molecule has 0 heterocycles.